The van der Waals surface area contributed by atoms with Gasteiger partial charge in [-0.15, -0.1) is 11.3 Å². The first-order valence-corrected chi connectivity index (χ1v) is 7.07. The van der Waals surface area contributed by atoms with Gasteiger partial charge in [0.15, 0.2) is 0 Å². The van der Waals surface area contributed by atoms with Gasteiger partial charge in [0.1, 0.15) is 0 Å². The zero-order valence-electron chi connectivity index (χ0n) is 9.73. The molecule has 0 saturated heterocycles. The molecule has 1 aromatic carbocycles. The van der Waals surface area contributed by atoms with Gasteiger partial charge in [0.2, 0.25) is 0 Å². The van der Waals surface area contributed by atoms with Crippen LogP contribution < -0.4 is 5.32 Å². The van der Waals surface area contributed by atoms with Crippen molar-refractivity contribution in [2.45, 2.75) is 38.0 Å². The standard InChI is InChI=1S/C14H17NOS/c16-12-6-5-11(7-12)15-8-10-9-17-14-4-2-1-3-13(10)14/h1-4,9,11-12,15-16H,5-8H2. The first-order chi connectivity index (χ1) is 8.33. The number of fused-ring (bicyclic) bond motifs is 1. The first kappa shape index (κ1) is 11.2. The molecule has 1 saturated carbocycles. The molecule has 0 aliphatic heterocycles. The summed E-state index contributed by atoms with van der Waals surface area (Å²) in [5, 5.41) is 16.6. The summed E-state index contributed by atoms with van der Waals surface area (Å²) in [5.74, 6) is 0. The van der Waals surface area contributed by atoms with E-state index in [1.165, 1.54) is 15.6 Å². The van der Waals surface area contributed by atoms with Crippen molar-refractivity contribution in [3.63, 3.8) is 0 Å². The Morgan fingerprint density at radius 1 is 1.29 bits per heavy atom. The molecule has 1 aliphatic carbocycles. The molecule has 0 radical (unpaired) electrons. The van der Waals surface area contributed by atoms with Gasteiger partial charge in [-0.1, -0.05) is 18.2 Å². The maximum absolute atomic E-state index is 9.49. The molecule has 17 heavy (non-hydrogen) atoms. The van der Waals surface area contributed by atoms with Gasteiger partial charge in [0, 0.05) is 17.3 Å². The van der Waals surface area contributed by atoms with E-state index in [4.69, 9.17) is 0 Å². The van der Waals surface area contributed by atoms with E-state index in [1.807, 2.05) is 11.3 Å². The number of aliphatic hydroxyl groups is 1. The van der Waals surface area contributed by atoms with E-state index in [0.717, 1.165) is 25.8 Å². The molecule has 1 aliphatic rings. The molecule has 2 unspecified atom stereocenters. The molecule has 0 amide bonds. The van der Waals surface area contributed by atoms with Crippen LogP contribution in [0.4, 0.5) is 0 Å². The van der Waals surface area contributed by atoms with Crippen LogP contribution in [-0.4, -0.2) is 17.3 Å². The van der Waals surface area contributed by atoms with Crippen LogP contribution in [0.25, 0.3) is 10.1 Å². The van der Waals surface area contributed by atoms with Gasteiger partial charge in [-0.05, 0) is 41.7 Å². The van der Waals surface area contributed by atoms with Crippen molar-refractivity contribution in [3.05, 3.63) is 35.2 Å². The SMILES string of the molecule is OC1CCC(NCc2csc3ccccc23)C1. The molecule has 90 valence electrons. The molecule has 0 spiro atoms. The van der Waals surface area contributed by atoms with Crippen molar-refractivity contribution in [2.75, 3.05) is 0 Å². The Hall–Kier alpha value is -0.900. The number of nitrogens with one attached hydrogen (secondary N) is 1. The van der Waals surface area contributed by atoms with E-state index >= 15 is 0 Å². The first-order valence-electron chi connectivity index (χ1n) is 6.19. The van der Waals surface area contributed by atoms with Crippen LogP contribution in [0, 0.1) is 0 Å². The van der Waals surface area contributed by atoms with E-state index < -0.39 is 0 Å². The Morgan fingerprint density at radius 2 is 2.18 bits per heavy atom. The summed E-state index contributed by atoms with van der Waals surface area (Å²) < 4.78 is 1.36. The summed E-state index contributed by atoms with van der Waals surface area (Å²) >= 11 is 1.81. The fourth-order valence-electron chi connectivity index (χ4n) is 2.57. The van der Waals surface area contributed by atoms with Gasteiger partial charge < -0.3 is 10.4 Å². The molecule has 1 heterocycles. The monoisotopic (exact) mass is 247 g/mol. The van der Waals surface area contributed by atoms with Crippen LogP contribution in [0.15, 0.2) is 29.6 Å². The molecule has 3 rings (SSSR count). The molecule has 2 atom stereocenters. The highest BCUT2D eigenvalue weighted by Crippen LogP contribution is 2.26. The van der Waals surface area contributed by atoms with E-state index in [2.05, 4.69) is 35.0 Å². The number of hydrogen-bond acceptors (Lipinski definition) is 3. The second-order valence-corrected chi connectivity index (χ2v) is 5.71. The molecule has 3 heteroatoms. The fraction of sp³-hybridized carbons (Fsp3) is 0.429. The van der Waals surface area contributed by atoms with Crippen molar-refractivity contribution >= 4 is 21.4 Å². The minimum absolute atomic E-state index is 0.0910. The minimum Gasteiger partial charge on any atom is -0.393 e. The van der Waals surface area contributed by atoms with Crippen molar-refractivity contribution in [1.82, 2.24) is 5.32 Å². The van der Waals surface area contributed by atoms with Gasteiger partial charge in [0.25, 0.3) is 0 Å². The summed E-state index contributed by atoms with van der Waals surface area (Å²) in [5.41, 5.74) is 1.38. The largest absolute Gasteiger partial charge is 0.393 e. The predicted octanol–water partition coefficient (Wildman–Crippen LogP) is 2.90. The highest BCUT2D eigenvalue weighted by molar-refractivity contribution is 7.17. The highest BCUT2D eigenvalue weighted by atomic mass is 32.1. The van der Waals surface area contributed by atoms with Crippen molar-refractivity contribution in [2.24, 2.45) is 0 Å². The number of thiophene rings is 1. The molecule has 0 bridgehead atoms. The van der Waals surface area contributed by atoms with Crippen LogP contribution in [0.1, 0.15) is 24.8 Å². The molecule has 2 nitrogen and oxygen atoms in total. The lowest BCUT2D eigenvalue weighted by molar-refractivity contribution is 0.179. The second-order valence-electron chi connectivity index (χ2n) is 4.80. The second kappa shape index (κ2) is 4.77. The quantitative estimate of drug-likeness (QED) is 0.874. The van der Waals surface area contributed by atoms with E-state index in [0.29, 0.717) is 6.04 Å². The lowest BCUT2D eigenvalue weighted by atomic mass is 10.1. The molecular weight excluding hydrogens is 230 g/mol. The number of aliphatic hydroxyl groups excluding tert-OH is 1. The summed E-state index contributed by atoms with van der Waals surface area (Å²) in [6.07, 6.45) is 2.86. The van der Waals surface area contributed by atoms with E-state index in [-0.39, 0.29) is 6.10 Å². The van der Waals surface area contributed by atoms with Gasteiger partial charge >= 0.3 is 0 Å². The summed E-state index contributed by atoms with van der Waals surface area (Å²) in [6, 6.07) is 9.03. The van der Waals surface area contributed by atoms with Crippen LogP contribution >= 0.6 is 11.3 Å². The Morgan fingerprint density at radius 3 is 3.00 bits per heavy atom. The lowest BCUT2D eigenvalue weighted by Gasteiger charge is -2.11. The summed E-state index contributed by atoms with van der Waals surface area (Å²) in [4.78, 5) is 0. The van der Waals surface area contributed by atoms with E-state index in [9.17, 15) is 5.11 Å². The van der Waals surface area contributed by atoms with Crippen molar-refractivity contribution in [3.8, 4) is 0 Å². The van der Waals surface area contributed by atoms with Gasteiger partial charge in [0.05, 0.1) is 6.10 Å². The summed E-state index contributed by atoms with van der Waals surface area (Å²) in [7, 11) is 0. The van der Waals surface area contributed by atoms with Crippen LogP contribution in [0.2, 0.25) is 0 Å². The van der Waals surface area contributed by atoms with Crippen LogP contribution in [0.5, 0.6) is 0 Å². The zero-order valence-corrected chi connectivity index (χ0v) is 10.5. The van der Waals surface area contributed by atoms with Gasteiger partial charge in [-0.3, -0.25) is 0 Å². The maximum Gasteiger partial charge on any atom is 0.0555 e. The summed E-state index contributed by atoms with van der Waals surface area (Å²) in [6.45, 7) is 0.918. The average molecular weight is 247 g/mol. The molecule has 1 aromatic heterocycles. The Bertz CT molecular complexity index is 508. The van der Waals surface area contributed by atoms with Gasteiger partial charge in [-0.25, -0.2) is 0 Å². The van der Waals surface area contributed by atoms with E-state index in [1.54, 1.807) is 0 Å². The third-order valence-corrected chi connectivity index (χ3v) is 4.56. The molecule has 1 fully saturated rings. The Balaban J connectivity index is 1.69. The maximum atomic E-state index is 9.49. The van der Waals surface area contributed by atoms with Crippen LogP contribution in [0.3, 0.4) is 0 Å². The van der Waals surface area contributed by atoms with Crippen LogP contribution in [-0.2, 0) is 6.54 Å². The Kier molecular flexibility index (Phi) is 3.14. The topological polar surface area (TPSA) is 32.3 Å². The third kappa shape index (κ3) is 2.37. The normalized spacial score (nSPS) is 24.5. The van der Waals surface area contributed by atoms with Crippen molar-refractivity contribution in [1.29, 1.82) is 0 Å². The third-order valence-electron chi connectivity index (χ3n) is 3.55. The smallest absolute Gasteiger partial charge is 0.0555 e. The highest BCUT2D eigenvalue weighted by Gasteiger charge is 2.22. The lowest BCUT2D eigenvalue weighted by Crippen LogP contribution is -2.26. The molecule has 2 aromatic rings. The molecular formula is C14H17NOS. The number of hydrogen-bond donors (Lipinski definition) is 2. The van der Waals surface area contributed by atoms with Crippen molar-refractivity contribution < 1.29 is 5.11 Å². The average Bonchev–Trinajstić information content (AvgIpc) is 2.93. The number of benzene rings is 1. The number of rotatable bonds is 3. The predicted molar refractivity (Wildman–Crippen MR) is 72.3 cm³/mol. The fourth-order valence-corrected chi connectivity index (χ4v) is 3.53. The zero-order chi connectivity index (χ0) is 11.7. The molecule has 2 N–H and O–H groups in total. The Labute approximate surface area is 105 Å². The van der Waals surface area contributed by atoms with Gasteiger partial charge in [-0.2, -0.15) is 0 Å². The minimum atomic E-state index is -0.0910.